The molecule has 12 heavy (non-hydrogen) atoms. The third-order valence-corrected chi connectivity index (χ3v) is 2.65. The van der Waals surface area contributed by atoms with Crippen LogP contribution in [0.2, 0.25) is 0 Å². The van der Waals surface area contributed by atoms with Crippen LogP contribution in [-0.4, -0.2) is 35.7 Å². The molecular formula is C8H13Cl2NO. The van der Waals surface area contributed by atoms with Gasteiger partial charge in [-0.2, -0.15) is 0 Å². The number of halogens is 2. The standard InChI is InChI=1S/C8H13Cl2NO/c9-5-7(10)6-11-3-1-8(12)2-4-11/h5,8,12H,1-4,6H2. The predicted octanol–water partition coefficient (Wildman–Crippen LogP) is 1.76. The van der Waals surface area contributed by atoms with E-state index in [2.05, 4.69) is 4.90 Å². The fraction of sp³-hybridized carbons (Fsp3) is 0.750. The number of hydrogen-bond acceptors (Lipinski definition) is 2. The van der Waals surface area contributed by atoms with Gasteiger partial charge in [0.2, 0.25) is 0 Å². The lowest BCUT2D eigenvalue weighted by molar-refractivity contribution is 0.0876. The summed E-state index contributed by atoms with van der Waals surface area (Å²) < 4.78 is 0. The zero-order chi connectivity index (χ0) is 8.97. The molecule has 0 spiro atoms. The Morgan fingerprint density at radius 1 is 1.50 bits per heavy atom. The molecule has 2 nitrogen and oxygen atoms in total. The van der Waals surface area contributed by atoms with Crippen LogP contribution in [0.3, 0.4) is 0 Å². The molecule has 1 fully saturated rings. The third-order valence-electron chi connectivity index (χ3n) is 2.05. The summed E-state index contributed by atoms with van der Waals surface area (Å²) in [6.45, 7) is 2.52. The minimum atomic E-state index is -0.125. The van der Waals surface area contributed by atoms with Gasteiger partial charge >= 0.3 is 0 Å². The highest BCUT2D eigenvalue weighted by atomic mass is 35.5. The molecule has 0 unspecified atom stereocenters. The summed E-state index contributed by atoms with van der Waals surface area (Å²) in [6.07, 6.45) is 1.55. The molecule has 1 aliphatic heterocycles. The van der Waals surface area contributed by atoms with Crippen LogP contribution in [0.1, 0.15) is 12.8 Å². The zero-order valence-electron chi connectivity index (χ0n) is 6.84. The highest BCUT2D eigenvalue weighted by Crippen LogP contribution is 2.13. The molecule has 0 atom stereocenters. The molecule has 70 valence electrons. The van der Waals surface area contributed by atoms with Crippen LogP contribution in [0.5, 0.6) is 0 Å². The van der Waals surface area contributed by atoms with Crippen LogP contribution in [0.15, 0.2) is 10.6 Å². The molecule has 0 aromatic rings. The van der Waals surface area contributed by atoms with Gasteiger partial charge in [0.15, 0.2) is 0 Å². The van der Waals surface area contributed by atoms with E-state index in [0.29, 0.717) is 11.6 Å². The van der Waals surface area contributed by atoms with Crippen molar-refractivity contribution in [1.82, 2.24) is 4.90 Å². The van der Waals surface area contributed by atoms with E-state index in [0.717, 1.165) is 25.9 Å². The van der Waals surface area contributed by atoms with Crippen molar-refractivity contribution in [2.75, 3.05) is 19.6 Å². The third kappa shape index (κ3) is 3.31. The van der Waals surface area contributed by atoms with Crippen LogP contribution in [-0.2, 0) is 0 Å². The van der Waals surface area contributed by atoms with Crippen LogP contribution in [0.4, 0.5) is 0 Å². The molecule has 1 rings (SSSR count). The van der Waals surface area contributed by atoms with Gasteiger partial charge in [0, 0.05) is 30.2 Å². The molecule has 1 aliphatic rings. The summed E-state index contributed by atoms with van der Waals surface area (Å²) in [4.78, 5) is 2.19. The average molecular weight is 210 g/mol. The summed E-state index contributed by atoms with van der Waals surface area (Å²) >= 11 is 11.2. The molecule has 0 aromatic carbocycles. The van der Waals surface area contributed by atoms with Gasteiger partial charge in [0.1, 0.15) is 0 Å². The highest BCUT2D eigenvalue weighted by Gasteiger charge is 2.16. The van der Waals surface area contributed by atoms with Crippen LogP contribution >= 0.6 is 23.2 Å². The first-order valence-electron chi connectivity index (χ1n) is 4.07. The maximum Gasteiger partial charge on any atom is 0.0564 e. The first-order valence-corrected chi connectivity index (χ1v) is 4.89. The lowest BCUT2D eigenvalue weighted by Gasteiger charge is -2.28. The largest absolute Gasteiger partial charge is 0.393 e. The number of rotatable bonds is 2. The van der Waals surface area contributed by atoms with Gasteiger partial charge in [-0.1, -0.05) is 23.2 Å². The summed E-state index contributed by atoms with van der Waals surface area (Å²) in [5, 5.41) is 9.88. The first-order chi connectivity index (χ1) is 5.72. The molecule has 0 bridgehead atoms. The van der Waals surface area contributed by atoms with Crippen molar-refractivity contribution in [3.8, 4) is 0 Å². The predicted molar refractivity (Wildman–Crippen MR) is 51.5 cm³/mol. The van der Waals surface area contributed by atoms with Crippen molar-refractivity contribution in [2.45, 2.75) is 18.9 Å². The Hall–Kier alpha value is 0.240. The lowest BCUT2D eigenvalue weighted by Crippen LogP contribution is -2.36. The molecule has 0 aliphatic carbocycles. The van der Waals surface area contributed by atoms with Gasteiger partial charge in [0.25, 0.3) is 0 Å². The Morgan fingerprint density at radius 2 is 2.08 bits per heavy atom. The van der Waals surface area contributed by atoms with Gasteiger partial charge in [-0.3, -0.25) is 4.90 Å². The van der Waals surface area contributed by atoms with E-state index in [4.69, 9.17) is 23.2 Å². The molecular weight excluding hydrogens is 197 g/mol. The molecule has 0 radical (unpaired) electrons. The van der Waals surface area contributed by atoms with E-state index >= 15 is 0 Å². The monoisotopic (exact) mass is 209 g/mol. The molecule has 0 aromatic heterocycles. The molecule has 4 heteroatoms. The van der Waals surface area contributed by atoms with E-state index in [1.54, 1.807) is 0 Å². The first kappa shape index (κ1) is 10.3. The second kappa shape index (κ2) is 5.07. The van der Waals surface area contributed by atoms with Crippen LogP contribution < -0.4 is 0 Å². The Balaban J connectivity index is 2.26. The Kier molecular flexibility index (Phi) is 4.36. The molecule has 1 N–H and O–H groups in total. The van der Waals surface area contributed by atoms with Gasteiger partial charge < -0.3 is 5.11 Å². The lowest BCUT2D eigenvalue weighted by atomic mass is 10.1. The summed E-state index contributed by atoms with van der Waals surface area (Å²) in [6, 6.07) is 0. The average Bonchev–Trinajstić information content (AvgIpc) is 2.09. The van der Waals surface area contributed by atoms with E-state index in [1.807, 2.05) is 0 Å². The minimum absolute atomic E-state index is 0.125. The zero-order valence-corrected chi connectivity index (χ0v) is 8.35. The van der Waals surface area contributed by atoms with Gasteiger partial charge in [-0.25, -0.2) is 0 Å². The second-order valence-corrected chi connectivity index (χ2v) is 3.77. The van der Waals surface area contributed by atoms with Crippen molar-refractivity contribution >= 4 is 23.2 Å². The van der Waals surface area contributed by atoms with E-state index in [-0.39, 0.29) is 6.10 Å². The van der Waals surface area contributed by atoms with Crippen molar-refractivity contribution in [2.24, 2.45) is 0 Å². The quantitative estimate of drug-likeness (QED) is 0.750. The van der Waals surface area contributed by atoms with Crippen molar-refractivity contribution < 1.29 is 5.11 Å². The number of aliphatic hydroxyl groups excluding tert-OH is 1. The summed E-state index contributed by atoms with van der Waals surface area (Å²) in [7, 11) is 0. The van der Waals surface area contributed by atoms with Gasteiger partial charge in [0.05, 0.1) is 6.10 Å². The van der Waals surface area contributed by atoms with Crippen molar-refractivity contribution in [1.29, 1.82) is 0 Å². The number of nitrogens with zero attached hydrogens (tertiary/aromatic N) is 1. The summed E-state index contributed by atoms with van der Waals surface area (Å²) in [5.74, 6) is 0. The maximum absolute atomic E-state index is 9.22. The Labute approximate surface area is 82.8 Å². The highest BCUT2D eigenvalue weighted by molar-refractivity contribution is 6.36. The molecule has 1 saturated heterocycles. The van der Waals surface area contributed by atoms with Gasteiger partial charge in [-0.15, -0.1) is 0 Å². The normalized spacial score (nSPS) is 23.1. The van der Waals surface area contributed by atoms with Gasteiger partial charge in [-0.05, 0) is 12.8 Å². The van der Waals surface area contributed by atoms with E-state index in [9.17, 15) is 5.11 Å². The Morgan fingerprint density at radius 3 is 2.58 bits per heavy atom. The number of aliphatic hydroxyl groups is 1. The Bertz CT molecular complexity index is 164. The number of hydrogen-bond donors (Lipinski definition) is 1. The van der Waals surface area contributed by atoms with Crippen LogP contribution in [0, 0.1) is 0 Å². The second-order valence-electron chi connectivity index (χ2n) is 3.06. The van der Waals surface area contributed by atoms with Crippen molar-refractivity contribution in [3.63, 3.8) is 0 Å². The maximum atomic E-state index is 9.22. The molecule has 0 saturated carbocycles. The number of likely N-dealkylation sites (tertiary alicyclic amines) is 1. The van der Waals surface area contributed by atoms with E-state index < -0.39 is 0 Å². The van der Waals surface area contributed by atoms with Crippen molar-refractivity contribution in [3.05, 3.63) is 10.6 Å². The minimum Gasteiger partial charge on any atom is -0.393 e. The molecule has 0 amide bonds. The van der Waals surface area contributed by atoms with Crippen LogP contribution in [0.25, 0.3) is 0 Å². The summed E-state index contributed by atoms with van der Waals surface area (Å²) in [5.41, 5.74) is 1.40. The topological polar surface area (TPSA) is 23.5 Å². The molecule has 1 heterocycles. The fourth-order valence-electron chi connectivity index (χ4n) is 1.33. The number of piperidine rings is 1. The van der Waals surface area contributed by atoms with E-state index in [1.165, 1.54) is 5.54 Å². The fourth-order valence-corrected chi connectivity index (χ4v) is 1.56. The smallest absolute Gasteiger partial charge is 0.0564 e. The SMILES string of the molecule is OC1CCN(CC(Cl)=CCl)CC1.